The Morgan fingerprint density at radius 3 is 2.74 bits per heavy atom. The summed E-state index contributed by atoms with van der Waals surface area (Å²) in [5.41, 5.74) is 3.69. The van der Waals surface area contributed by atoms with E-state index in [1.807, 2.05) is 10.6 Å². The molecule has 3 aliphatic rings. The molecule has 1 aliphatic heterocycles. The van der Waals surface area contributed by atoms with Gasteiger partial charge in [0.1, 0.15) is 0 Å². The molecule has 1 saturated heterocycles. The number of ether oxygens (including phenoxy) is 2. The summed E-state index contributed by atoms with van der Waals surface area (Å²) >= 11 is 1.32. The molecule has 1 aromatic heterocycles. The number of benzene rings is 1. The number of rotatable bonds is 5. The van der Waals surface area contributed by atoms with Crippen molar-refractivity contribution in [1.82, 2.24) is 9.55 Å². The predicted molar refractivity (Wildman–Crippen MR) is 138 cm³/mol. The Labute approximate surface area is 211 Å². The highest BCUT2D eigenvalue weighted by molar-refractivity contribution is 7.99. The fraction of sp³-hybridized carbons (Fsp3) is 0.607. The Kier molecular flexibility index (Phi) is 6.83. The maximum absolute atomic E-state index is 14.6. The summed E-state index contributed by atoms with van der Waals surface area (Å²) in [6.07, 6.45) is 7.98. The Morgan fingerprint density at radius 1 is 1.23 bits per heavy atom. The molecule has 1 spiro atoms. The second-order valence-corrected chi connectivity index (χ2v) is 11.8. The van der Waals surface area contributed by atoms with E-state index in [-0.39, 0.29) is 34.3 Å². The minimum Gasteiger partial charge on any atom is -0.465 e. The summed E-state index contributed by atoms with van der Waals surface area (Å²) in [5.74, 6) is -0.147. The largest absolute Gasteiger partial charge is 0.465 e. The van der Waals surface area contributed by atoms with E-state index in [0.717, 1.165) is 61.8 Å². The SMILES string of the molecule is CCOC(=O)CSc1nc2c(c(=O)n1[C@@H]1CCOC(C)(C)C1)C1(CCCCC1)Cc1ccccc1-2. The molecule has 0 amide bonds. The lowest BCUT2D eigenvalue weighted by Crippen LogP contribution is -2.45. The van der Waals surface area contributed by atoms with E-state index < -0.39 is 0 Å². The van der Waals surface area contributed by atoms with Crippen LogP contribution in [0.1, 0.15) is 82.9 Å². The predicted octanol–water partition coefficient (Wildman–Crippen LogP) is 5.45. The van der Waals surface area contributed by atoms with Crippen LogP contribution in [0.15, 0.2) is 34.2 Å². The van der Waals surface area contributed by atoms with E-state index >= 15 is 0 Å². The number of carbonyl (C=O) groups is 1. The molecule has 188 valence electrons. The first-order chi connectivity index (χ1) is 16.8. The molecule has 0 N–H and O–H groups in total. The van der Waals surface area contributed by atoms with Crippen LogP contribution in [0.25, 0.3) is 11.3 Å². The van der Waals surface area contributed by atoms with Gasteiger partial charge < -0.3 is 9.47 Å². The van der Waals surface area contributed by atoms with Crippen LogP contribution < -0.4 is 5.56 Å². The van der Waals surface area contributed by atoms with E-state index in [9.17, 15) is 9.59 Å². The molecule has 2 heterocycles. The molecular weight excluding hydrogens is 460 g/mol. The van der Waals surface area contributed by atoms with Crippen LogP contribution >= 0.6 is 11.8 Å². The van der Waals surface area contributed by atoms with Crippen LogP contribution in [0.4, 0.5) is 0 Å². The van der Waals surface area contributed by atoms with Crippen molar-refractivity contribution in [1.29, 1.82) is 0 Å². The van der Waals surface area contributed by atoms with Gasteiger partial charge in [0, 0.05) is 23.6 Å². The lowest BCUT2D eigenvalue weighted by molar-refractivity contribution is -0.139. The lowest BCUT2D eigenvalue weighted by Gasteiger charge is -2.43. The Bertz CT molecular complexity index is 1170. The van der Waals surface area contributed by atoms with Crippen molar-refractivity contribution in [3.05, 3.63) is 45.7 Å². The summed E-state index contributed by atoms with van der Waals surface area (Å²) < 4.78 is 13.1. The van der Waals surface area contributed by atoms with Crippen molar-refractivity contribution in [2.24, 2.45) is 0 Å². The molecule has 35 heavy (non-hydrogen) atoms. The van der Waals surface area contributed by atoms with E-state index in [2.05, 4.69) is 32.0 Å². The zero-order chi connectivity index (χ0) is 24.6. The maximum Gasteiger partial charge on any atom is 0.316 e. The zero-order valence-corrected chi connectivity index (χ0v) is 21.9. The molecule has 5 rings (SSSR count). The highest BCUT2D eigenvalue weighted by Crippen LogP contribution is 2.49. The van der Waals surface area contributed by atoms with Crippen LogP contribution in [0.3, 0.4) is 0 Å². The van der Waals surface area contributed by atoms with Gasteiger partial charge in [-0.1, -0.05) is 55.3 Å². The van der Waals surface area contributed by atoms with Gasteiger partial charge in [0.2, 0.25) is 0 Å². The number of thioether (sulfide) groups is 1. The average molecular weight is 497 g/mol. The molecule has 2 aliphatic carbocycles. The molecule has 1 atom stereocenters. The molecule has 7 heteroatoms. The summed E-state index contributed by atoms with van der Waals surface area (Å²) in [6, 6.07) is 8.39. The first-order valence-electron chi connectivity index (χ1n) is 13.0. The van der Waals surface area contributed by atoms with Gasteiger partial charge in [-0.3, -0.25) is 14.2 Å². The molecule has 1 aromatic carbocycles. The first kappa shape index (κ1) is 24.6. The van der Waals surface area contributed by atoms with Crippen molar-refractivity contribution < 1.29 is 14.3 Å². The molecule has 1 saturated carbocycles. The minimum absolute atomic E-state index is 0.00782. The van der Waals surface area contributed by atoms with Crippen LogP contribution in [-0.4, -0.2) is 40.1 Å². The molecule has 0 radical (unpaired) electrons. The molecule has 6 nitrogen and oxygen atoms in total. The Balaban J connectivity index is 1.70. The third-order valence-corrected chi connectivity index (χ3v) is 8.81. The third-order valence-electron chi connectivity index (χ3n) is 7.89. The molecule has 2 fully saturated rings. The van der Waals surface area contributed by atoms with Gasteiger partial charge in [0.15, 0.2) is 5.16 Å². The summed E-state index contributed by atoms with van der Waals surface area (Å²) in [5, 5.41) is 0.618. The summed E-state index contributed by atoms with van der Waals surface area (Å²) in [7, 11) is 0. The second kappa shape index (κ2) is 9.74. The van der Waals surface area contributed by atoms with Crippen LogP contribution in [-0.2, 0) is 26.1 Å². The quantitative estimate of drug-likeness (QED) is 0.311. The van der Waals surface area contributed by atoms with E-state index in [1.165, 1.54) is 23.7 Å². The number of carbonyl (C=O) groups excluding carboxylic acids is 1. The van der Waals surface area contributed by atoms with Gasteiger partial charge in [-0.15, -0.1) is 0 Å². The van der Waals surface area contributed by atoms with Crippen LogP contribution in [0.2, 0.25) is 0 Å². The van der Waals surface area contributed by atoms with Crippen molar-refractivity contribution in [3.63, 3.8) is 0 Å². The summed E-state index contributed by atoms with van der Waals surface area (Å²) in [6.45, 7) is 6.92. The number of nitrogens with zero attached hydrogens (tertiary/aromatic N) is 2. The number of aromatic nitrogens is 2. The first-order valence-corrected chi connectivity index (χ1v) is 14.0. The Morgan fingerprint density at radius 2 is 2.00 bits per heavy atom. The molecule has 2 aromatic rings. The number of hydrogen-bond donors (Lipinski definition) is 0. The van der Waals surface area contributed by atoms with Gasteiger partial charge in [-0.25, -0.2) is 4.98 Å². The number of fused-ring (bicyclic) bond motifs is 4. The van der Waals surface area contributed by atoms with Gasteiger partial charge in [0.25, 0.3) is 5.56 Å². The minimum atomic E-state index is -0.309. The smallest absolute Gasteiger partial charge is 0.316 e. The van der Waals surface area contributed by atoms with Crippen LogP contribution in [0, 0.1) is 0 Å². The normalized spacial score (nSPS) is 22.3. The van der Waals surface area contributed by atoms with Gasteiger partial charge >= 0.3 is 5.97 Å². The summed E-state index contributed by atoms with van der Waals surface area (Å²) in [4.78, 5) is 32.0. The topological polar surface area (TPSA) is 70.4 Å². The van der Waals surface area contributed by atoms with Gasteiger partial charge in [-0.05, 0) is 58.4 Å². The van der Waals surface area contributed by atoms with Crippen LogP contribution in [0.5, 0.6) is 0 Å². The molecule has 0 bridgehead atoms. The third kappa shape index (κ3) is 4.69. The highest BCUT2D eigenvalue weighted by Gasteiger charge is 2.44. The maximum atomic E-state index is 14.6. The molecule has 0 unspecified atom stereocenters. The van der Waals surface area contributed by atoms with Crippen molar-refractivity contribution in [2.75, 3.05) is 19.0 Å². The zero-order valence-electron chi connectivity index (χ0n) is 21.1. The monoisotopic (exact) mass is 496 g/mol. The van der Waals surface area contributed by atoms with Gasteiger partial charge in [-0.2, -0.15) is 0 Å². The van der Waals surface area contributed by atoms with E-state index in [0.29, 0.717) is 18.4 Å². The fourth-order valence-corrected chi connectivity index (χ4v) is 7.23. The van der Waals surface area contributed by atoms with E-state index in [1.54, 1.807) is 6.92 Å². The lowest BCUT2D eigenvalue weighted by atomic mass is 9.62. The molecular formula is C28H36N2O4S. The Hall–Kier alpha value is -2.12. The van der Waals surface area contributed by atoms with Gasteiger partial charge in [0.05, 0.1) is 29.2 Å². The van der Waals surface area contributed by atoms with Crippen molar-refractivity contribution in [2.45, 2.75) is 94.4 Å². The highest BCUT2D eigenvalue weighted by atomic mass is 32.2. The van der Waals surface area contributed by atoms with Crippen molar-refractivity contribution in [3.8, 4) is 11.3 Å². The average Bonchev–Trinajstić information content (AvgIpc) is 2.82. The fourth-order valence-electron chi connectivity index (χ4n) is 6.37. The second-order valence-electron chi connectivity index (χ2n) is 10.8. The number of hydrogen-bond acceptors (Lipinski definition) is 6. The van der Waals surface area contributed by atoms with Crippen molar-refractivity contribution >= 4 is 17.7 Å². The van der Waals surface area contributed by atoms with E-state index in [4.69, 9.17) is 14.5 Å². The number of esters is 1. The standard InChI is InChI=1S/C28H36N2O4S/c1-4-33-22(31)18-35-26-29-24-21-11-7-6-10-19(21)16-28(13-8-5-9-14-28)23(24)25(32)30(26)20-12-15-34-27(2,3)17-20/h6-7,10-11,20H,4-5,8-9,12-18H2,1-3H3/t20-/m1/s1.